The molecule has 0 radical (unpaired) electrons. The van der Waals surface area contributed by atoms with Crippen LogP contribution in [0.2, 0.25) is 0 Å². The van der Waals surface area contributed by atoms with Crippen molar-refractivity contribution in [2.75, 3.05) is 13.2 Å². The van der Waals surface area contributed by atoms with Crippen LogP contribution in [0.3, 0.4) is 0 Å². The number of ketones is 1. The van der Waals surface area contributed by atoms with Crippen LogP contribution < -0.4 is 0 Å². The SMILES string of the molecule is C=C1C(=O)C23CC1CC(O)C2C1(CCC[C@@](C)(COC(C)=O)C1C=O)COC3=O. The minimum atomic E-state index is -1.46. The standard InChI is InChI=1S/C22H28O7/c1-12-14-7-15(25)17-21(11-29-19(27)22(17,8-14)18(12)26)6-4-5-20(3,16(21)9-23)10-28-13(2)24/h9,14-17,25H,1,4-8,10-11H2,2-3H3/t14?,15?,16?,17?,20-,21?,22?/m0/s1. The predicted octanol–water partition coefficient (Wildman–Crippen LogP) is 1.61. The molecule has 0 aromatic carbocycles. The summed E-state index contributed by atoms with van der Waals surface area (Å²) in [5.41, 5.74) is -2.61. The lowest BCUT2D eigenvalue weighted by Crippen LogP contribution is -2.67. The van der Waals surface area contributed by atoms with Gasteiger partial charge < -0.3 is 19.4 Å². The van der Waals surface area contributed by atoms with Gasteiger partial charge in [-0.15, -0.1) is 0 Å². The Morgan fingerprint density at radius 3 is 2.76 bits per heavy atom. The van der Waals surface area contributed by atoms with Crippen LogP contribution in [0.4, 0.5) is 0 Å². The third kappa shape index (κ3) is 2.52. The largest absolute Gasteiger partial charge is 0.465 e. The van der Waals surface area contributed by atoms with Gasteiger partial charge in [-0.2, -0.15) is 0 Å². The van der Waals surface area contributed by atoms with Gasteiger partial charge in [-0.3, -0.25) is 14.4 Å². The number of aliphatic hydroxyl groups excluding tert-OH is 1. The third-order valence-electron chi connectivity index (χ3n) is 8.16. The van der Waals surface area contributed by atoms with Crippen molar-refractivity contribution in [2.24, 2.45) is 34.0 Å². The van der Waals surface area contributed by atoms with E-state index in [2.05, 4.69) is 6.58 Å². The van der Waals surface area contributed by atoms with Crippen molar-refractivity contribution in [3.05, 3.63) is 12.2 Å². The molecule has 6 unspecified atom stereocenters. The van der Waals surface area contributed by atoms with Crippen molar-refractivity contribution in [3.8, 4) is 0 Å². The Balaban J connectivity index is 1.83. The quantitative estimate of drug-likeness (QED) is 0.330. The molecule has 29 heavy (non-hydrogen) atoms. The molecule has 1 aliphatic heterocycles. The number of aliphatic hydroxyl groups is 1. The Labute approximate surface area is 169 Å². The summed E-state index contributed by atoms with van der Waals surface area (Å²) in [5.74, 6) is -2.92. The third-order valence-corrected chi connectivity index (χ3v) is 8.16. The molecule has 7 heteroatoms. The molecule has 0 aromatic heterocycles. The highest BCUT2D eigenvalue weighted by atomic mass is 16.5. The van der Waals surface area contributed by atoms with Crippen LogP contribution in [0, 0.1) is 34.0 Å². The highest BCUT2D eigenvalue weighted by molar-refractivity contribution is 6.15. The van der Waals surface area contributed by atoms with Crippen molar-refractivity contribution in [1.82, 2.24) is 0 Å². The molecule has 1 heterocycles. The van der Waals surface area contributed by atoms with Gasteiger partial charge in [0, 0.05) is 29.6 Å². The number of ether oxygens (including phenoxy) is 2. The zero-order valence-corrected chi connectivity index (χ0v) is 16.9. The summed E-state index contributed by atoms with van der Waals surface area (Å²) in [6.07, 6.45) is 2.55. The molecule has 3 saturated carbocycles. The zero-order chi connectivity index (χ0) is 21.2. The summed E-state index contributed by atoms with van der Waals surface area (Å²) >= 11 is 0. The van der Waals surface area contributed by atoms with E-state index in [1.807, 2.05) is 6.92 Å². The van der Waals surface area contributed by atoms with Crippen molar-refractivity contribution in [3.63, 3.8) is 0 Å². The minimum absolute atomic E-state index is 0.0151. The molecule has 1 N–H and O–H groups in total. The molecule has 158 valence electrons. The molecule has 4 rings (SSSR count). The summed E-state index contributed by atoms with van der Waals surface area (Å²) in [4.78, 5) is 50.0. The van der Waals surface area contributed by atoms with E-state index in [1.165, 1.54) is 6.92 Å². The second-order valence-corrected chi connectivity index (χ2v) is 9.72. The van der Waals surface area contributed by atoms with Crippen LogP contribution in [0.25, 0.3) is 0 Å². The number of aldehydes is 1. The van der Waals surface area contributed by atoms with Crippen molar-refractivity contribution in [2.45, 2.75) is 52.1 Å². The fourth-order valence-electron chi connectivity index (χ4n) is 6.99. The van der Waals surface area contributed by atoms with E-state index in [4.69, 9.17) is 9.47 Å². The molecule has 7 atom stereocenters. The van der Waals surface area contributed by atoms with E-state index < -0.39 is 46.1 Å². The van der Waals surface area contributed by atoms with E-state index >= 15 is 0 Å². The molecule has 4 aliphatic rings. The highest BCUT2D eigenvalue weighted by Gasteiger charge is 2.74. The maximum Gasteiger partial charge on any atom is 0.320 e. The maximum absolute atomic E-state index is 13.2. The van der Waals surface area contributed by atoms with Gasteiger partial charge in [-0.25, -0.2) is 0 Å². The molecular formula is C22H28O7. The first-order valence-corrected chi connectivity index (χ1v) is 10.3. The minimum Gasteiger partial charge on any atom is -0.465 e. The van der Waals surface area contributed by atoms with Gasteiger partial charge in [0.05, 0.1) is 19.3 Å². The van der Waals surface area contributed by atoms with Crippen LogP contribution in [-0.4, -0.2) is 48.4 Å². The van der Waals surface area contributed by atoms with Crippen LogP contribution >= 0.6 is 0 Å². The lowest BCUT2D eigenvalue weighted by Gasteiger charge is -2.61. The van der Waals surface area contributed by atoms with E-state index in [0.29, 0.717) is 31.3 Å². The van der Waals surface area contributed by atoms with Gasteiger partial charge in [0.1, 0.15) is 11.7 Å². The number of esters is 2. The maximum atomic E-state index is 13.2. The van der Waals surface area contributed by atoms with Gasteiger partial charge in [0.15, 0.2) is 5.78 Å². The second-order valence-electron chi connectivity index (χ2n) is 9.72. The van der Waals surface area contributed by atoms with Crippen LogP contribution in [-0.2, 0) is 28.7 Å². The molecule has 2 bridgehead atoms. The number of carbonyl (C=O) groups excluding carboxylic acids is 4. The molecule has 0 amide bonds. The highest BCUT2D eigenvalue weighted by Crippen LogP contribution is 2.67. The van der Waals surface area contributed by atoms with Crippen molar-refractivity contribution >= 4 is 24.0 Å². The lowest BCUT2D eigenvalue weighted by atomic mass is 9.44. The normalized spacial score (nSPS) is 46.2. The fraction of sp³-hybridized carbons (Fsp3) is 0.727. The Kier molecular flexibility index (Phi) is 4.53. The summed E-state index contributed by atoms with van der Waals surface area (Å²) in [5, 5.41) is 11.2. The van der Waals surface area contributed by atoms with E-state index in [9.17, 15) is 24.3 Å². The number of fused-ring (bicyclic) bond motifs is 2. The molecular weight excluding hydrogens is 376 g/mol. The summed E-state index contributed by atoms with van der Waals surface area (Å²) in [6, 6.07) is 0. The lowest BCUT2D eigenvalue weighted by molar-refractivity contribution is -0.229. The summed E-state index contributed by atoms with van der Waals surface area (Å²) in [7, 11) is 0. The van der Waals surface area contributed by atoms with E-state index in [1.54, 1.807) is 0 Å². The van der Waals surface area contributed by atoms with Gasteiger partial charge in [-0.1, -0.05) is 19.9 Å². The Morgan fingerprint density at radius 2 is 2.10 bits per heavy atom. The number of allylic oxidation sites excluding steroid dienone is 1. The number of Topliss-reactive ketones (excluding diaryl/α,β-unsaturated/α-hetero) is 1. The Morgan fingerprint density at radius 1 is 1.38 bits per heavy atom. The van der Waals surface area contributed by atoms with Crippen molar-refractivity contribution < 1.29 is 33.8 Å². The summed E-state index contributed by atoms with van der Waals surface area (Å²) in [6.45, 7) is 7.16. The monoisotopic (exact) mass is 404 g/mol. The van der Waals surface area contributed by atoms with Gasteiger partial charge in [0.2, 0.25) is 0 Å². The molecule has 3 aliphatic carbocycles. The number of carbonyl (C=O) groups is 4. The van der Waals surface area contributed by atoms with Gasteiger partial charge in [-0.05, 0) is 37.2 Å². The molecule has 4 fully saturated rings. The fourth-order valence-corrected chi connectivity index (χ4v) is 6.99. The van der Waals surface area contributed by atoms with E-state index in [-0.39, 0.29) is 24.9 Å². The van der Waals surface area contributed by atoms with Crippen molar-refractivity contribution in [1.29, 1.82) is 0 Å². The first kappa shape index (κ1) is 20.3. The topological polar surface area (TPSA) is 107 Å². The number of rotatable bonds is 3. The van der Waals surface area contributed by atoms with Gasteiger partial charge in [0.25, 0.3) is 0 Å². The van der Waals surface area contributed by atoms with Crippen LogP contribution in [0.1, 0.15) is 46.0 Å². The smallest absolute Gasteiger partial charge is 0.320 e. The van der Waals surface area contributed by atoms with E-state index in [0.717, 1.165) is 12.7 Å². The van der Waals surface area contributed by atoms with Gasteiger partial charge >= 0.3 is 11.9 Å². The number of hydrogen-bond donors (Lipinski definition) is 1. The van der Waals surface area contributed by atoms with Crippen LogP contribution in [0.15, 0.2) is 12.2 Å². The molecule has 7 nitrogen and oxygen atoms in total. The first-order chi connectivity index (χ1) is 13.6. The zero-order valence-electron chi connectivity index (χ0n) is 16.9. The first-order valence-electron chi connectivity index (χ1n) is 10.3. The molecule has 2 spiro atoms. The Bertz CT molecular complexity index is 803. The molecule has 1 saturated heterocycles. The second kappa shape index (κ2) is 6.49. The molecule has 0 aromatic rings. The number of cyclic esters (lactones) is 1. The summed E-state index contributed by atoms with van der Waals surface area (Å²) < 4.78 is 10.9. The Hall–Kier alpha value is -2.02. The average molecular weight is 404 g/mol. The number of hydrogen-bond acceptors (Lipinski definition) is 7. The predicted molar refractivity (Wildman–Crippen MR) is 100 cm³/mol. The van der Waals surface area contributed by atoms with Crippen LogP contribution in [0.5, 0.6) is 0 Å². The average Bonchev–Trinajstić information content (AvgIpc) is 2.86.